The van der Waals surface area contributed by atoms with Gasteiger partial charge < -0.3 is 5.21 Å². The summed E-state index contributed by atoms with van der Waals surface area (Å²) in [6.07, 6.45) is 0. The Morgan fingerprint density at radius 3 is 2.60 bits per heavy atom. The van der Waals surface area contributed by atoms with Gasteiger partial charge in [-0.2, -0.15) is 0 Å². The molecular formula is C9H8N2O3S. The van der Waals surface area contributed by atoms with Crippen molar-refractivity contribution in [3.8, 4) is 0 Å². The molecule has 78 valence electrons. The molecule has 1 aromatic carbocycles. The third kappa shape index (κ3) is 1.75. The fourth-order valence-electron chi connectivity index (χ4n) is 1.16. The quantitative estimate of drug-likeness (QED) is 0.707. The van der Waals surface area contributed by atoms with Gasteiger partial charge in [-0.1, -0.05) is 18.2 Å². The molecule has 0 aliphatic carbocycles. The maximum atomic E-state index is 11.9. The van der Waals surface area contributed by atoms with Crippen LogP contribution in [0.4, 0.5) is 0 Å². The highest BCUT2D eigenvalue weighted by molar-refractivity contribution is 7.85. The summed E-state index contributed by atoms with van der Waals surface area (Å²) in [5.74, 6) is 0. The Hall–Kier alpha value is -1.69. The van der Waals surface area contributed by atoms with Gasteiger partial charge in [0.1, 0.15) is 10.8 Å². The van der Waals surface area contributed by atoms with E-state index >= 15 is 0 Å². The van der Waals surface area contributed by atoms with Crippen molar-refractivity contribution in [1.29, 1.82) is 0 Å². The third-order valence-corrected chi connectivity index (χ3v) is 3.36. The monoisotopic (exact) mass is 224 g/mol. The molecule has 2 aromatic rings. The van der Waals surface area contributed by atoms with E-state index in [1.54, 1.807) is 31.2 Å². The molecule has 0 saturated carbocycles. The molecule has 0 unspecified atom stereocenters. The summed E-state index contributed by atoms with van der Waals surface area (Å²) < 4.78 is 16.3. The number of benzene rings is 1. The summed E-state index contributed by atoms with van der Waals surface area (Å²) in [4.78, 5) is 0.728. The van der Waals surface area contributed by atoms with E-state index < -0.39 is 10.8 Å². The van der Waals surface area contributed by atoms with Crippen LogP contribution < -0.4 is 4.90 Å². The van der Waals surface area contributed by atoms with E-state index in [4.69, 9.17) is 0 Å². The molecule has 1 atom stereocenters. The smallest absolute Gasteiger partial charge is 0.289 e. The second kappa shape index (κ2) is 3.82. The first-order valence-corrected chi connectivity index (χ1v) is 5.38. The van der Waals surface area contributed by atoms with Crippen LogP contribution in [0.1, 0.15) is 5.69 Å². The average Bonchev–Trinajstić information content (AvgIpc) is 2.59. The molecule has 0 saturated heterocycles. The molecule has 5 nitrogen and oxygen atoms in total. The molecule has 1 heterocycles. The lowest BCUT2D eigenvalue weighted by atomic mass is 10.4. The number of aryl methyl sites for hydroxylation is 1. The van der Waals surface area contributed by atoms with Crippen molar-refractivity contribution in [3.05, 3.63) is 41.2 Å². The predicted molar refractivity (Wildman–Crippen MR) is 51.3 cm³/mol. The van der Waals surface area contributed by atoms with Crippen molar-refractivity contribution < 1.29 is 13.7 Å². The molecule has 0 amide bonds. The van der Waals surface area contributed by atoms with Crippen LogP contribution in [0.3, 0.4) is 0 Å². The lowest BCUT2D eigenvalue weighted by molar-refractivity contribution is -0.832. The van der Waals surface area contributed by atoms with Crippen LogP contribution in [0.15, 0.2) is 44.9 Å². The van der Waals surface area contributed by atoms with Gasteiger partial charge in [0.05, 0.1) is 0 Å². The largest absolute Gasteiger partial charge is 0.358 e. The van der Waals surface area contributed by atoms with Crippen LogP contribution in [0.5, 0.6) is 0 Å². The number of aromatic nitrogens is 2. The molecule has 0 N–H and O–H groups in total. The van der Waals surface area contributed by atoms with Crippen molar-refractivity contribution in [2.24, 2.45) is 0 Å². The first-order chi connectivity index (χ1) is 7.20. The lowest BCUT2D eigenvalue weighted by Crippen LogP contribution is -2.28. The maximum Gasteiger partial charge on any atom is 0.289 e. The predicted octanol–water partition coefficient (Wildman–Crippen LogP) is 0.783. The van der Waals surface area contributed by atoms with Gasteiger partial charge in [-0.15, -0.1) is 0 Å². The summed E-state index contributed by atoms with van der Waals surface area (Å²) in [7, 11) is -1.54. The van der Waals surface area contributed by atoms with Gasteiger partial charge in [0.25, 0.3) is 5.03 Å². The van der Waals surface area contributed by atoms with Crippen molar-refractivity contribution in [3.63, 3.8) is 0 Å². The topological polar surface area (TPSA) is 70.0 Å². The minimum atomic E-state index is -1.54. The van der Waals surface area contributed by atoms with Crippen molar-refractivity contribution >= 4 is 10.8 Å². The summed E-state index contributed by atoms with van der Waals surface area (Å²) in [6, 6.07) is 8.69. The maximum absolute atomic E-state index is 11.9. The van der Waals surface area contributed by atoms with Crippen LogP contribution >= 0.6 is 0 Å². The normalized spacial score (nSPS) is 12.6. The molecule has 0 fully saturated rings. The Balaban J connectivity index is 2.46. The van der Waals surface area contributed by atoms with Crippen molar-refractivity contribution in [1.82, 2.24) is 5.16 Å². The van der Waals surface area contributed by atoms with E-state index in [2.05, 4.69) is 9.79 Å². The third-order valence-electron chi connectivity index (χ3n) is 1.86. The standard InChI is InChI=1S/C9H8N2O3S/c1-7-9(11(12)14-10-7)15(13)8-5-3-2-4-6-8/h2-6H,1H3/t15-/m1/s1. The number of rotatable bonds is 2. The molecule has 1 aromatic heterocycles. The van der Waals surface area contributed by atoms with Crippen molar-refractivity contribution in [2.75, 3.05) is 0 Å². The molecule has 2 rings (SSSR count). The van der Waals surface area contributed by atoms with E-state index in [1.165, 1.54) is 0 Å². The minimum absolute atomic E-state index is 0.0428. The molecule has 0 aliphatic rings. The van der Waals surface area contributed by atoms with Gasteiger partial charge >= 0.3 is 0 Å². The molecule has 0 bridgehead atoms. The van der Waals surface area contributed by atoms with E-state index in [-0.39, 0.29) is 9.93 Å². The van der Waals surface area contributed by atoms with Crippen LogP contribution in [-0.2, 0) is 10.8 Å². The Morgan fingerprint density at radius 1 is 1.40 bits per heavy atom. The van der Waals surface area contributed by atoms with Gasteiger partial charge in [0, 0.05) is 17.0 Å². The SMILES string of the molecule is Cc1no[n+]([O-])c1[S@](=O)c1ccccc1. The Morgan fingerprint density at radius 2 is 2.07 bits per heavy atom. The molecule has 0 radical (unpaired) electrons. The Kier molecular flexibility index (Phi) is 2.51. The van der Waals surface area contributed by atoms with Crippen LogP contribution in [0.25, 0.3) is 0 Å². The lowest BCUT2D eigenvalue weighted by Gasteiger charge is -1.97. The van der Waals surface area contributed by atoms with E-state index in [0.29, 0.717) is 10.6 Å². The zero-order valence-electron chi connectivity index (χ0n) is 7.91. The highest BCUT2D eigenvalue weighted by Crippen LogP contribution is 2.14. The molecule has 0 aliphatic heterocycles. The molecule has 15 heavy (non-hydrogen) atoms. The zero-order valence-corrected chi connectivity index (χ0v) is 8.73. The highest BCUT2D eigenvalue weighted by Gasteiger charge is 2.22. The van der Waals surface area contributed by atoms with Gasteiger partial charge in [-0.3, -0.25) is 4.63 Å². The highest BCUT2D eigenvalue weighted by atomic mass is 32.2. The van der Waals surface area contributed by atoms with Gasteiger partial charge in [0.15, 0.2) is 0 Å². The van der Waals surface area contributed by atoms with Gasteiger partial charge in [0.2, 0.25) is 5.69 Å². The summed E-state index contributed by atoms with van der Waals surface area (Å²) in [6.45, 7) is 1.58. The van der Waals surface area contributed by atoms with E-state index in [9.17, 15) is 9.42 Å². The van der Waals surface area contributed by atoms with Gasteiger partial charge in [-0.25, -0.2) is 4.21 Å². The summed E-state index contributed by atoms with van der Waals surface area (Å²) in [5, 5.41) is 14.6. The molecular weight excluding hydrogens is 216 g/mol. The minimum Gasteiger partial charge on any atom is -0.358 e. The fraction of sp³-hybridized carbons (Fsp3) is 0.111. The fourth-order valence-corrected chi connectivity index (χ4v) is 2.27. The van der Waals surface area contributed by atoms with Gasteiger partial charge in [-0.05, 0) is 17.0 Å². The van der Waals surface area contributed by atoms with Crippen LogP contribution in [0.2, 0.25) is 0 Å². The Labute approximate surface area is 88.3 Å². The summed E-state index contributed by atoms with van der Waals surface area (Å²) in [5.41, 5.74) is 0.340. The molecule has 6 heteroatoms. The number of hydrogen-bond donors (Lipinski definition) is 0. The van der Waals surface area contributed by atoms with Crippen molar-refractivity contribution in [2.45, 2.75) is 16.8 Å². The number of hydrogen-bond acceptors (Lipinski definition) is 4. The Bertz CT molecular complexity index is 476. The van der Waals surface area contributed by atoms with E-state index in [0.717, 1.165) is 0 Å². The van der Waals surface area contributed by atoms with E-state index in [1.807, 2.05) is 6.07 Å². The molecule has 0 spiro atoms. The summed E-state index contributed by atoms with van der Waals surface area (Å²) >= 11 is 0. The zero-order chi connectivity index (χ0) is 10.8. The first kappa shape index (κ1) is 9.85. The second-order valence-electron chi connectivity index (χ2n) is 2.90. The number of nitrogens with zero attached hydrogens (tertiary/aromatic N) is 2. The second-order valence-corrected chi connectivity index (χ2v) is 4.30. The van der Waals surface area contributed by atoms with Crippen LogP contribution in [-0.4, -0.2) is 9.37 Å². The average molecular weight is 224 g/mol. The van der Waals surface area contributed by atoms with Crippen LogP contribution in [0, 0.1) is 12.1 Å². The first-order valence-electron chi connectivity index (χ1n) is 4.23.